The van der Waals surface area contributed by atoms with Gasteiger partial charge in [0.05, 0.1) is 22.2 Å². The van der Waals surface area contributed by atoms with Crippen molar-refractivity contribution < 1.29 is 19.1 Å². The van der Waals surface area contributed by atoms with Gasteiger partial charge in [0.25, 0.3) is 11.5 Å². The molecule has 3 heterocycles. The Hall–Kier alpha value is -4.21. The Kier molecular flexibility index (Phi) is 6.42. The summed E-state index contributed by atoms with van der Waals surface area (Å²) >= 11 is 0. The van der Waals surface area contributed by atoms with Crippen molar-refractivity contribution in [1.82, 2.24) is 24.8 Å². The molecule has 10 heteroatoms. The van der Waals surface area contributed by atoms with E-state index in [2.05, 4.69) is 10.3 Å². The van der Waals surface area contributed by atoms with Crippen LogP contribution < -0.4 is 10.9 Å². The van der Waals surface area contributed by atoms with Crippen LogP contribution in [0.2, 0.25) is 0 Å². The fraction of sp³-hybridized carbons (Fsp3) is 0.357. The van der Waals surface area contributed by atoms with Crippen molar-refractivity contribution in [3.05, 3.63) is 81.5 Å². The molecule has 2 amide bonds. The zero-order chi connectivity index (χ0) is 27.2. The first-order chi connectivity index (χ1) is 18.0. The largest absolute Gasteiger partial charge is 0.465 e. The van der Waals surface area contributed by atoms with E-state index in [1.54, 1.807) is 34.8 Å². The van der Waals surface area contributed by atoms with E-state index in [0.717, 1.165) is 5.56 Å². The quantitative estimate of drug-likeness (QED) is 0.366. The van der Waals surface area contributed by atoms with Crippen LogP contribution >= 0.6 is 0 Å². The van der Waals surface area contributed by atoms with E-state index in [1.807, 2.05) is 20.8 Å². The van der Waals surface area contributed by atoms with Gasteiger partial charge in [0.1, 0.15) is 11.5 Å². The van der Waals surface area contributed by atoms with Crippen LogP contribution in [0.4, 0.5) is 9.18 Å². The number of nitrogens with zero attached hydrogens (tertiary/aromatic N) is 3. The molecule has 0 saturated carbocycles. The van der Waals surface area contributed by atoms with Crippen LogP contribution in [0, 0.1) is 11.2 Å². The van der Waals surface area contributed by atoms with E-state index in [4.69, 9.17) is 5.10 Å². The number of amides is 2. The molecule has 0 bridgehead atoms. The molecule has 1 saturated heterocycles. The molecule has 2 unspecified atom stereocenters. The normalized spacial score (nSPS) is 18.2. The number of aromatic amines is 1. The Balaban J connectivity index is 1.53. The van der Waals surface area contributed by atoms with Crippen molar-refractivity contribution in [1.29, 1.82) is 0 Å². The lowest BCUT2D eigenvalue weighted by Crippen LogP contribution is -2.51. The molecule has 1 aliphatic heterocycles. The molecule has 2 aromatic carbocycles. The number of hydrogen-bond acceptors (Lipinski definition) is 4. The number of rotatable bonds is 4. The van der Waals surface area contributed by atoms with Gasteiger partial charge in [-0.1, -0.05) is 39.0 Å². The number of aromatic nitrogens is 3. The molecule has 4 aromatic rings. The van der Waals surface area contributed by atoms with Crippen LogP contribution in [-0.2, 0) is 6.54 Å². The molecular formula is C28H30FN5O4. The zero-order valence-electron chi connectivity index (χ0n) is 21.5. The molecule has 1 aliphatic rings. The molecule has 0 radical (unpaired) electrons. The van der Waals surface area contributed by atoms with Crippen molar-refractivity contribution in [2.45, 2.75) is 52.1 Å². The molecule has 0 aliphatic carbocycles. The Morgan fingerprint density at radius 1 is 1.18 bits per heavy atom. The van der Waals surface area contributed by atoms with Crippen LogP contribution in [0.25, 0.3) is 16.6 Å². The van der Waals surface area contributed by atoms with E-state index < -0.39 is 6.09 Å². The first kappa shape index (κ1) is 25.4. The molecule has 38 heavy (non-hydrogen) atoms. The van der Waals surface area contributed by atoms with E-state index in [9.17, 15) is 23.9 Å². The minimum atomic E-state index is -0.944. The number of benzene rings is 2. The number of fused-ring (bicyclic) bond motifs is 3. The predicted octanol–water partition coefficient (Wildman–Crippen LogP) is 4.52. The zero-order valence-corrected chi connectivity index (χ0v) is 21.5. The molecule has 0 spiro atoms. The predicted molar refractivity (Wildman–Crippen MR) is 141 cm³/mol. The lowest BCUT2D eigenvalue weighted by Gasteiger charge is -2.44. The average molecular weight is 520 g/mol. The summed E-state index contributed by atoms with van der Waals surface area (Å²) in [4.78, 5) is 42.3. The molecule has 5 rings (SSSR count). The number of likely N-dealkylation sites (tertiary alicyclic amines) is 1. The monoisotopic (exact) mass is 519 g/mol. The van der Waals surface area contributed by atoms with Gasteiger partial charge in [-0.15, -0.1) is 0 Å². The number of H-pyrrole nitrogens is 1. The number of nitrogens with one attached hydrogen (secondary N) is 2. The Morgan fingerprint density at radius 3 is 2.61 bits per heavy atom. The summed E-state index contributed by atoms with van der Waals surface area (Å²) in [6.07, 6.45) is 0.161. The lowest BCUT2D eigenvalue weighted by molar-refractivity contribution is 0.0518. The maximum atomic E-state index is 13.2. The molecule has 198 valence electrons. The highest BCUT2D eigenvalue weighted by Gasteiger charge is 2.40. The smallest absolute Gasteiger partial charge is 0.407 e. The fourth-order valence-corrected chi connectivity index (χ4v) is 5.43. The molecule has 2 atom stereocenters. The number of carboxylic acid groups (broad SMARTS) is 1. The van der Waals surface area contributed by atoms with Crippen molar-refractivity contribution in [3.8, 4) is 0 Å². The molecule has 9 nitrogen and oxygen atoms in total. The molecule has 1 fully saturated rings. The van der Waals surface area contributed by atoms with Gasteiger partial charge < -0.3 is 20.3 Å². The summed E-state index contributed by atoms with van der Waals surface area (Å²) in [6.45, 7) is 6.62. The van der Waals surface area contributed by atoms with Gasteiger partial charge in [-0.05, 0) is 48.1 Å². The summed E-state index contributed by atoms with van der Waals surface area (Å²) < 4.78 is 14.9. The summed E-state index contributed by atoms with van der Waals surface area (Å²) in [5.41, 5.74) is 2.17. The van der Waals surface area contributed by atoms with E-state index >= 15 is 0 Å². The first-order valence-electron chi connectivity index (χ1n) is 12.6. The topological polar surface area (TPSA) is 120 Å². The molecular weight excluding hydrogens is 489 g/mol. The van der Waals surface area contributed by atoms with Gasteiger partial charge in [0.2, 0.25) is 0 Å². The maximum absolute atomic E-state index is 13.2. The third-order valence-corrected chi connectivity index (χ3v) is 7.34. The van der Waals surface area contributed by atoms with Gasteiger partial charge in [0, 0.05) is 31.1 Å². The van der Waals surface area contributed by atoms with E-state index in [-0.39, 0.29) is 41.2 Å². The third-order valence-electron chi connectivity index (χ3n) is 7.34. The Bertz CT molecular complexity index is 1590. The van der Waals surface area contributed by atoms with Gasteiger partial charge in [-0.25, -0.2) is 13.7 Å². The number of carbonyl (C=O) groups excluding carboxylic acids is 1. The summed E-state index contributed by atoms with van der Waals surface area (Å²) in [6, 6.07) is 12.4. The highest BCUT2D eigenvalue weighted by Crippen LogP contribution is 2.39. The average Bonchev–Trinajstić information content (AvgIpc) is 3.25. The van der Waals surface area contributed by atoms with Crippen molar-refractivity contribution in [2.24, 2.45) is 5.41 Å². The molecule has 3 N–H and O–H groups in total. The van der Waals surface area contributed by atoms with Gasteiger partial charge >= 0.3 is 6.09 Å². The van der Waals surface area contributed by atoms with Crippen LogP contribution in [0.15, 0.2) is 53.3 Å². The van der Waals surface area contributed by atoms with E-state index in [0.29, 0.717) is 47.2 Å². The number of hydrogen-bond donors (Lipinski definition) is 3. The minimum Gasteiger partial charge on any atom is -0.465 e. The lowest BCUT2D eigenvalue weighted by atomic mass is 9.76. The van der Waals surface area contributed by atoms with Gasteiger partial charge in [-0.3, -0.25) is 9.59 Å². The van der Waals surface area contributed by atoms with Crippen LogP contribution in [0.3, 0.4) is 0 Å². The highest BCUT2D eigenvalue weighted by atomic mass is 19.1. The summed E-state index contributed by atoms with van der Waals surface area (Å²) in [7, 11) is 0. The second kappa shape index (κ2) is 9.59. The number of carbonyl (C=O) groups is 2. The second-order valence-electron chi connectivity index (χ2n) is 10.9. The Morgan fingerprint density at radius 2 is 1.92 bits per heavy atom. The van der Waals surface area contributed by atoms with Crippen LogP contribution in [0.5, 0.6) is 0 Å². The van der Waals surface area contributed by atoms with E-state index in [1.165, 1.54) is 23.1 Å². The number of halogens is 1. The summed E-state index contributed by atoms with van der Waals surface area (Å²) in [5, 5.41) is 17.9. The van der Waals surface area contributed by atoms with Crippen molar-refractivity contribution in [3.63, 3.8) is 0 Å². The van der Waals surface area contributed by atoms with Crippen molar-refractivity contribution in [2.75, 3.05) is 6.54 Å². The standard InChI is InChI=1S/C28H30FN5O4/c1-28(2,3)22-13-17(11-12-33(22)27(37)38)21-14-23(35)31-25-24-19(5-4-6-20(24)32-34(21)25)26(36)30-15-16-7-9-18(29)10-8-16/h4-10,14,17,22H,11-13,15H2,1-3H3,(H,30,36)(H,31,35)(H,37,38). The van der Waals surface area contributed by atoms with Crippen LogP contribution in [-0.4, -0.2) is 49.2 Å². The summed E-state index contributed by atoms with van der Waals surface area (Å²) in [5.74, 6) is -0.785. The van der Waals surface area contributed by atoms with Gasteiger partial charge in [0.15, 0.2) is 0 Å². The number of piperidine rings is 1. The molecule has 2 aromatic heterocycles. The first-order valence-corrected chi connectivity index (χ1v) is 12.6. The highest BCUT2D eigenvalue weighted by molar-refractivity contribution is 6.11. The van der Waals surface area contributed by atoms with Crippen molar-refractivity contribution >= 4 is 28.6 Å². The maximum Gasteiger partial charge on any atom is 0.407 e. The van der Waals surface area contributed by atoms with Crippen LogP contribution in [0.1, 0.15) is 61.1 Å². The minimum absolute atomic E-state index is 0.0929. The second-order valence-corrected chi connectivity index (χ2v) is 10.9. The fourth-order valence-electron chi connectivity index (χ4n) is 5.43. The Labute approximate surface area is 218 Å². The third kappa shape index (κ3) is 4.73. The van der Waals surface area contributed by atoms with Gasteiger partial charge in [-0.2, -0.15) is 5.10 Å². The SMILES string of the molecule is CC(C)(C)C1CC(c2cc(=O)[nH]c3c4c(C(=O)NCc5ccc(F)cc5)cccc4nn23)CCN1C(=O)O.